The highest BCUT2D eigenvalue weighted by molar-refractivity contribution is 5.80. The molecule has 27 heavy (non-hydrogen) atoms. The summed E-state index contributed by atoms with van der Waals surface area (Å²) in [7, 11) is 0. The van der Waals surface area contributed by atoms with E-state index in [1.807, 2.05) is 30.3 Å². The number of para-hydroxylation sites is 2. The molecule has 1 heterocycles. The normalized spacial score (nSPS) is 21.7. The van der Waals surface area contributed by atoms with Gasteiger partial charge in [0.15, 0.2) is 0 Å². The van der Waals surface area contributed by atoms with Crippen LogP contribution in [0.3, 0.4) is 0 Å². The molecule has 0 saturated heterocycles. The Morgan fingerprint density at radius 3 is 2.56 bits per heavy atom. The minimum absolute atomic E-state index is 0.333. The van der Waals surface area contributed by atoms with Gasteiger partial charge in [-0.1, -0.05) is 32.9 Å². The largest absolute Gasteiger partial charge is 0.326 e. The third-order valence-electron chi connectivity index (χ3n) is 5.59. The van der Waals surface area contributed by atoms with Gasteiger partial charge in [-0.05, 0) is 67.0 Å². The Labute approximate surface area is 160 Å². The summed E-state index contributed by atoms with van der Waals surface area (Å²) in [6.07, 6.45) is 3.60. The third-order valence-corrected chi connectivity index (χ3v) is 5.59. The zero-order valence-electron chi connectivity index (χ0n) is 16.2. The van der Waals surface area contributed by atoms with Gasteiger partial charge in [-0.3, -0.25) is 0 Å². The van der Waals surface area contributed by atoms with E-state index < -0.39 is 0 Å². The van der Waals surface area contributed by atoms with E-state index in [9.17, 15) is 0 Å². The van der Waals surface area contributed by atoms with Crippen molar-refractivity contribution < 1.29 is 0 Å². The van der Waals surface area contributed by atoms with Crippen molar-refractivity contribution in [3.63, 3.8) is 0 Å². The van der Waals surface area contributed by atoms with Crippen molar-refractivity contribution in [1.82, 2.24) is 9.55 Å². The summed E-state index contributed by atoms with van der Waals surface area (Å²) >= 11 is 0. The van der Waals surface area contributed by atoms with Crippen LogP contribution in [-0.4, -0.2) is 9.55 Å². The standard InChI is InChI=1S/C23H26N4/c1-16-12-19(14-23(2,3)13-16)27-21-7-5-4-6-20(21)26-22(27)25-18-10-8-17(15-24)9-11-18/h4-11,16,19H,12-14H2,1-3H3,(H,25,26). The van der Waals surface area contributed by atoms with Crippen LogP contribution in [0.25, 0.3) is 11.0 Å². The summed E-state index contributed by atoms with van der Waals surface area (Å²) in [5, 5.41) is 12.5. The summed E-state index contributed by atoms with van der Waals surface area (Å²) in [5.74, 6) is 1.58. The van der Waals surface area contributed by atoms with Crippen molar-refractivity contribution in [3.05, 3.63) is 54.1 Å². The fraction of sp³-hybridized carbons (Fsp3) is 0.391. The van der Waals surface area contributed by atoms with Gasteiger partial charge in [-0.15, -0.1) is 0 Å². The fourth-order valence-electron chi connectivity index (χ4n) is 4.75. The lowest BCUT2D eigenvalue weighted by Crippen LogP contribution is -2.29. The quantitative estimate of drug-likeness (QED) is 0.621. The molecule has 2 aromatic carbocycles. The molecule has 4 rings (SSSR count). The van der Waals surface area contributed by atoms with Gasteiger partial charge in [0.2, 0.25) is 5.95 Å². The van der Waals surface area contributed by atoms with E-state index in [1.54, 1.807) is 0 Å². The lowest BCUT2D eigenvalue weighted by Gasteiger charge is -2.40. The van der Waals surface area contributed by atoms with E-state index in [0.29, 0.717) is 22.9 Å². The van der Waals surface area contributed by atoms with Crippen molar-refractivity contribution in [3.8, 4) is 6.07 Å². The number of hydrogen-bond acceptors (Lipinski definition) is 3. The number of rotatable bonds is 3. The van der Waals surface area contributed by atoms with E-state index in [4.69, 9.17) is 10.2 Å². The Kier molecular flexibility index (Phi) is 4.39. The van der Waals surface area contributed by atoms with E-state index in [-0.39, 0.29) is 0 Å². The SMILES string of the molecule is CC1CC(n2c(Nc3ccc(C#N)cc3)nc3ccccc32)CC(C)(C)C1. The first kappa shape index (κ1) is 17.6. The smallest absolute Gasteiger partial charge is 0.208 e. The average Bonchev–Trinajstić information content (AvgIpc) is 2.98. The number of aromatic nitrogens is 2. The molecular weight excluding hydrogens is 332 g/mol. The molecule has 138 valence electrons. The van der Waals surface area contributed by atoms with Gasteiger partial charge in [-0.25, -0.2) is 4.98 Å². The molecular formula is C23H26N4. The highest BCUT2D eigenvalue weighted by atomic mass is 15.2. The van der Waals surface area contributed by atoms with E-state index in [0.717, 1.165) is 23.6 Å². The van der Waals surface area contributed by atoms with Crippen LogP contribution in [0, 0.1) is 22.7 Å². The zero-order chi connectivity index (χ0) is 19.0. The predicted octanol–water partition coefficient (Wildman–Crippen LogP) is 6.04. The van der Waals surface area contributed by atoms with Gasteiger partial charge < -0.3 is 9.88 Å². The molecule has 4 nitrogen and oxygen atoms in total. The molecule has 0 bridgehead atoms. The Morgan fingerprint density at radius 1 is 1.11 bits per heavy atom. The molecule has 0 spiro atoms. The molecule has 3 aromatic rings. The molecule has 1 aromatic heterocycles. The Bertz CT molecular complexity index is 991. The van der Waals surface area contributed by atoms with E-state index in [1.165, 1.54) is 18.4 Å². The number of nitrogens with zero attached hydrogens (tertiary/aromatic N) is 3. The fourth-order valence-corrected chi connectivity index (χ4v) is 4.75. The molecule has 1 saturated carbocycles. The highest BCUT2D eigenvalue weighted by Crippen LogP contribution is 2.45. The molecule has 1 aliphatic rings. The second-order valence-electron chi connectivity index (χ2n) is 8.68. The maximum atomic E-state index is 9.01. The van der Waals surface area contributed by atoms with Crippen molar-refractivity contribution in [1.29, 1.82) is 5.26 Å². The van der Waals surface area contributed by atoms with Crippen LogP contribution >= 0.6 is 0 Å². The van der Waals surface area contributed by atoms with Crippen LogP contribution in [0.4, 0.5) is 11.6 Å². The van der Waals surface area contributed by atoms with Gasteiger partial charge in [0.05, 0.1) is 22.7 Å². The van der Waals surface area contributed by atoms with Crippen molar-refractivity contribution >= 4 is 22.7 Å². The first-order valence-corrected chi connectivity index (χ1v) is 9.69. The van der Waals surface area contributed by atoms with Gasteiger partial charge in [-0.2, -0.15) is 5.26 Å². The molecule has 1 aliphatic carbocycles. The maximum Gasteiger partial charge on any atom is 0.208 e. The predicted molar refractivity (Wildman–Crippen MR) is 110 cm³/mol. The summed E-state index contributed by atoms with van der Waals surface area (Å²) in [5.41, 5.74) is 4.15. The number of hydrogen-bond donors (Lipinski definition) is 1. The lowest BCUT2D eigenvalue weighted by molar-refractivity contribution is 0.140. The Balaban J connectivity index is 1.76. The lowest BCUT2D eigenvalue weighted by atomic mass is 9.70. The van der Waals surface area contributed by atoms with Crippen LogP contribution < -0.4 is 5.32 Å². The summed E-state index contributed by atoms with van der Waals surface area (Å²) < 4.78 is 2.39. The second-order valence-corrected chi connectivity index (χ2v) is 8.68. The maximum absolute atomic E-state index is 9.01. The minimum Gasteiger partial charge on any atom is -0.326 e. The third kappa shape index (κ3) is 3.55. The summed E-state index contributed by atoms with van der Waals surface area (Å²) in [6, 6.07) is 18.5. The average molecular weight is 358 g/mol. The molecule has 1 fully saturated rings. The molecule has 0 radical (unpaired) electrons. The number of nitrogens with one attached hydrogen (secondary N) is 1. The topological polar surface area (TPSA) is 53.6 Å². The zero-order valence-corrected chi connectivity index (χ0v) is 16.2. The first-order valence-electron chi connectivity index (χ1n) is 9.69. The van der Waals surface area contributed by atoms with Crippen LogP contribution in [-0.2, 0) is 0 Å². The molecule has 0 amide bonds. The summed E-state index contributed by atoms with van der Waals surface area (Å²) in [6.45, 7) is 7.12. The summed E-state index contributed by atoms with van der Waals surface area (Å²) in [4.78, 5) is 4.89. The molecule has 2 atom stereocenters. The van der Waals surface area contributed by atoms with Crippen LogP contribution in [0.1, 0.15) is 51.6 Å². The van der Waals surface area contributed by atoms with Crippen molar-refractivity contribution in [2.75, 3.05) is 5.32 Å². The second kappa shape index (κ2) is 6.74. The van der Waals surface area contributed by atoms with Gasteiger partial charge in [0.1, 0.15) is 0 Å². The molecule has 2 unspecified atom stereocenters. The Morgan fingerprint density at radius 2 is 1.85 bits per heavy atom. The van der Waals surface area contributed by atoms with Crippen LogP contribution in [0.5, 0.6) is 0 Å². The molecule has 1 N–H and O–H groups in total. The first-order chi connectivity index (χ1) is 12.9. The number of benzene rings is 2. The minimum atomic E-state index is 0.333. The van der Waals surface area contributed by atoms with Crippen molar-refractivity contribution in [2.24, 2.45) is 11.3 Å². The Hall–Kier alpha value is -2.80. The van der Waals surface area contributed by atoms with Gasteiger partial charge in [0.25, 0.3) is 0 Å². The van der Waals surface area contributed by atoms with Crippen LogP contribution in [0.2, 0.25) is 0 Å². The molecule has 0 aliphatic heterocycles. The van der Waals surface area contributed by atoms with Gasteiger partial charge >= 0.3 is 0 Å². The highest BCUT2D eigenvalue weighted by Gasteiger charge is 2.34. The molecule has 4 heteroatoms. The number of anilines is 2. The van der Waals surface area contributed by atoms with Gasteiger partial charge in [0, 0.05) is 11.7 Å². The van der Waals surface area contributed by atoms with Crippen LogP contribution in [0.15, 0.2) is 48.5 Å². The van der Waals surface area contributed by atoms with Crippen molar-refractivity contribution in [2.45, 2.75) is 46.1 Å². The number of nitriles is 1. The van der Waals surface area contributed by atoms with E-state index >= 15 is 0 Å². The number of imidazole rings is 1. The monoisotopic (exact) mass is 358 g/mol. The van der Waals surface area contributed by atoms with E-state index in [2.05, 4.69) is 54.9 Å². The number of fused-ring (bicyclic) bond motifs is 1.